The van der Waals surface area contributed by atoms with Crippen molar-refractivity contribution in [3.05, 3.63) is 42.1 Å². The molecule has 2 aromatic rings. The molecule has 1 aromatic carbocycles. The van der Waals surface area contributed by atoms with Gasteiger partial charge in [-0.2, -0.15) is 0 Å². The number of hydrogen-bond acceptors (Lipinski definition) is 3. The lowest BCUT2D eigenvalue weighted by atomic mass is 10.1. The van der Waals surface area contributed by atoms with Gasteiger partial charge in [0.2, 0.25) is 10.0 Å². The average Bonchev–Trinajstić information content (AvgIpc) is 2.33. The molecule has 4 nitrogen and oxygen atoms in total. The molecule has 0 radical (unpaired) electrons. The first-order valence-corrected chi connectivity index (χ1v) is 7.72. The Bertz CT molecular complexity index is 638. The van der Waals surface area contributed by atoms with E-state index in [1.165, 1.54) is 6.26 Å². The second kappa shape index (κ2) is 5.46. The number of aromatic nitrogens is 1. The predicted octanol–water partition coefficient (Wildman–Crippen LogP) is 1.72. The second-order valence-electron chi connectivity index (χ2n) is 4.31. The summed E-state index contributed by atoms with van der Waals surface area (Å²) in [7, 11) is -3.08. The topological polar surface area (TPSA) is 59.1 Å². The van der Waals surface area contributed by atoms with Crippen LogP contribution in [-0.4, -0.2) is 26.2 Å². The zero-order chi connectivity index (χ0) is 13.0. The molecule has 0 atom stereocenters. The molecule has 0 aliphatic rings. The van der Waals surface area contributed by atoms with Crippen LogP contribution in [0, 0.1) is 0 Å². The zero-order valence-electron chi connectivity index (χ0n) is 10.3. The fourth-order valence-corrected chi connectivity index (χ4v) is 2.32. The van der Waals surface area contributed by atoms with E-state index < -0.39 is 10.0 Å². The molecule has 0 aliphatic heterocycles. The molecular weight excluding hydrogens is 248 g/mol. The van der Waals surface area contributed by atoms with Crippen LogP contribution in [0.4, 0.5) is 0 Å². The molecule has 0 saturated heterocycles. The average molecular weight is 264 g/mol. The van der Waals surface area contributed by atoms with Crippen molar-refractivity contribution in [3.63, 3.8) is 0 Å². The maximum atomic E-state index is 10.9. The highest BCUT2D eigenvalue weighted by molar-refractivity contribution is 7.88. The van der Waals surface area contributed by atoms with Crippen LogP contribution in [0.3, 0.4) is 0 Å². The van der Waals surface area contributed by atoms with Crippen LogP contribution >= 0.6 is 0 Å². The van der Waals surface area contributed by atoms with Crippen LogP contribution in [-0.2, 0) is 16.4 Å². The van der Waals surface area contributed by atoms with Crippen LogP contribution in [0.15, 0.2) is 36.5 Å². The van der Waals surface area contributed by atoms with Gasteiger partial charge in [0.25, 0.3) is 0 Å². The number of aryl methyl sites for hydroxylation is 1. The fraction of sp³-hybridized carbons (Fsp3) is 0.308. The van der Waals surface area contributed by atoms with Gasteiger partial charge in [-0.3, -0.25) is 4.98 Å². The number of fused-ring (bicyclic) bond motifs is 1. The van der Waals surface area contributed by atoms with E-state index in [1.54, 1.807) is 0 Å². The number of hydrogen-bond donors (Lipinski definition) is 1. The summed E-state index contributed by atoms with van der Waals surface area (Å²) in [6.07, 6.45) is 4.61. The molecule has 1 N–H and O–H groups in total. The summed E-state index contributed by atoms with van der Waals surface area (Å²) >= 11 is 0. The maximum Gasteiger partial charge on any atom is 0.208 e. The van der Waals surface area contributed by atoms with Crippen molar-refractivity contribution < 1.29 is 8.42 Å². The van der Waals surface area contributed by atoms with E-state index in [-0.39, 0.29) is 0 Å². The maximum absolute atomic E-state index is 10.9. The van der Waals surface area contributed by atoms with Gasteiger partial charge in [-0.15, -0.1) is 0 Å². The standard InChI is InChI=1S/C13H16N2O2S/c1-18(16,17)15-8-4-5-11-9-12-6-2-3-7-13(12)14-10-11/h2-3,6-7,9-10,15H,4-5,8H2,1H3. The number of sulfonamides is 1. The smallest absolute Gasteiger partial charge is 0.208 e. The summed E-state index contributed by atoms with van der Waals surface area (Å²) in [5.41, 5.74) is 2.11. The minimum atomic E-state index is -3.08. The first-order valence-electron chi connectivity index (χ1n) is 5.83. The molecule has 2 rings (SSSR count). The van der Waals surface area contributed by atoms with Gasteiger partial charge in [0.15, 0.2) is 0 Å². The molecular formula is C13H16N2O2S. The minimum Gasteiger partial charge on any atom is -0.256 e. The van der Waals surface area contributed by atoms with E-state index in [9.17, 15) is 8.42 Å². The summed E-state index contributed by atoms with van der Waals surface area (Å²) in [5.74, 6) is 0. The Kier molecular flexibility index (Phi) is 3.93. The summed E-state index contributed by atoms with van der Waals surface area (Å²) in [6.45, 7) is 0.464. The van der Waals surface area contributed by atoms with Crippen molar-refractivity contribution in [3.8, 4) is 0 Å². The lowest BCUT2D eigenvalue weighted by Crippen LogP contribution is -2.23. The van der Waals surface area contributed by atoms with Crippen molar-refractivity contribution in [2.45, 2.75) is 12.8 Å². The largest absolute Gasteiger partial charge is 0.256 e. The first-order chi connectivity index (χ1) is 8.54. The van der Waals surface area contributed by atoms with Crippen molar-refractivity contribution in [2.24, 2.45) is 0 Å². The molecule has 0 bridgehead atoms. The van der Waals surface area contributed by atoms with Crippen molar-refractivity contribution >= 4 is 20.9 Å². The quantitative estimate of drug-likeness (QED) is 0.836. The lowest BCUT2D eigenvalue weighted by molar-refractivity contribution is 0.585. The zero-order valence-corrected chi connectivity index (χ0v) is 11.1. The molecule has 5 heteroatoms. The molecule has 0 fully saturated rings. The summed E-state index contributed by atoms with van der Waals surface area (Å²) in [6, 6.07) is 10.1. The Hall–Kier alpha value is -1.46. The normalized spacial score (nSPS) is 11.8. The fourth-order valence-electron chi connectivity index (χ4n) is 1.80. The van der Waals surface area contributed by atoms with Gasteiger partial charge < -0.3 is 0 Å². The third-order valence-electron chi connectivity index (χ3n) is 2.65. The molecule has 1 heterocycles. The number of benzene rings is 1. The van der Waals surface area contributed by atoms with Crippen LogP contribution in [0.25, 0.3) is 10.9 Å². The third-order valence-corrected chi connectivity index (χ3v) is 3.38. The molecule has 0 spiro atoms. The van der Waals surface area contributed by atoms with Crippen LogP contribution in [0.2, 0.25) is 0 Å². The first kappa shape index (κ1) is 13.0. The van der Waals surface area contributed by atoms with Crippen LogP contribution in [0.5, 0.6) is 0 Å². The molecule has 0 saturated carbocycles. The van der Waals surface area contributed by atoms with Gasteiger partial charge in [-0.25, -0.2) is 13.1 Å². The second-order valence-corrected chi connectivity index (χ2v) is 6.14. The lowest BCUT2D eigenvalue weighted by Gasteiger charge is -2.04. The van der Waals surface area contributed by atoms with Gasteiger partial charge in [0.1, 0.15) is 0 Å². The highest BCUT2D eigenvalue weighted by Crippen LogP contribution is 2.13. The number of nitrogens with zero attached hydrogens (tertiary/aromatic N) is 1. The van der Waals surface area contributed by atoms with E-state index in [2.05, 4.69) is 15.8 Å². The van der Waals surface area contributed by atoms with Gasteiger partial charge in [-0.05, 0) is 30.5 Å². The van der Waals surface area contributed by atoms with Gasteiger partial charge >= 0.3 is 0 Å². The molecule has 0 amide bonds. The number of para-hydroxylation sites is 1. The van der Waals surface area contributed by atoms with E-state index in [1.807, 2.05) is 30.5 Å². The van der Waals surface area contributed by atoms with Crippen molar-refractivity contribution in [1.29, 1.82) is 0 Å². The molecule has 96 valence electrons. The number of pyridine rings is 1. The number of rotatable bonds is 5. The summed E-state index contributed by atoms with van der Waals surface area (Å²) in [5, 5.41) is 1.12. The van der Waals surface area contributed by atoms with Crippen molar-refractivity contribution in [1.82, 2.24) is 9.71 Å². The van der Waals surface area contributed by atoms with E-state index >= 15 is 0 Å². The van der Waals surface area contributed by atoms with Crippen LogP contribution < -0.4 is 4.72 Å². The van der Waals surface area contributed by atoms with Crippen molar-refractivity contribution in [2.75, 3.05) is 12.8 Å². The Labute approximate surface area is 107 Å². The summed E-state index contributed by atoms with van der Waals surface area (Å²) < 4.78 is 24.3. The summed E-state index contributed by atoms with van der Waals surface area (Å²) in [4.78, 5) is 4.37. The van der Waals surface area contributed by atoms with E-state index in [0.29, 0.717) is 6.54 Å². The SMILES string of the molecule is CS(=O)(=O)NCCCc1cnc2ccccc2c1. The minimum absolute atomic E-state index is 0.464. The molecule has 0 unspecified atom stereocenters. The van der Waals surface area contributed by atoms with Crippen LogP contribution in [0.1, 0.15) is 12.0 Å². The van der Waals surface area contributed by atoms with E-state index in [0.717, 1.165) is 29.3 Å². The Morgan fingerprint density at radius 2 is 2.06 bits per heavy atom. The monoisotopic (exact) mass is 264 g/mol. The highest BCUT2D eigenvalue weighted by atomic mass is 32.2. The van der Waals surface area contributed by atoms with Gasteiger partial charge in [0.05, 0.1) is 11.8 Å². The Morgan fingerprint density at radius 3 is 2.83 bits per heavy atom. The highest BCUT2D eigenvalue weighted by Gasteiger charge is 2.01. The van der Waals surface area contributed by atoms with Gasteiger partial charge in [0, 0.05) is 18.1 Å². The van der Waals surface area contributed by atoms with Gasteiger partial charge in [-0.1, -0.05) is 18.2 Å². The predicted molar refractivity (Wildman–Crippen MR) is 72.9 cm³/mol. The molecule has 1 aromatic heterocycles. The number of nitrogens with one attached hydrogen (secondary N) is 1. The molecule has 18 heavy (non-hydrogen) atoms. The Balaban J connectivity index is 1.96. The van der Waals surface area contributed by atoms with E-state index in [4.69, 9.17) is 0 Å². The third kappa shape index (κ3) is 3.78. The molecule has 0 aliphatic carbocycles. The Morgan fingerprint density at radius 1 is 1.28 bits per heavy atom.